The van der Waals surface area contributed by atoms with Gasteiger partial charge in [-0.1, -0.05) is 5.16 Å². The minimum absolute atomic E-state index is 0.225. The number of aromatic nitrogens is 3. The third-order valence-corrected chi connectivity index (χ3v) is 6.14. The molecule has 1 aliphatic rings. The summed E-state index contributed by atoms with van der Waals surface area (Å²) in [5.74, 6) is -0.161. The van der Waals surface area contributed by atoms with Crippen LogP contribution in [-0.4, -0.2) is 39.2 Å². The highest BCUT2D eigenvalue weighted by atomic mass is 19.1. The van der Waals surface area contributed by atoms with Crippen molar-refractivity contribution in [2.24, 2.45) is 0 Å². The molecule has 1 saturated heterocycles. The summed E-state index contributed by atoms with van der Waals surface area (Å²) in [7, 11) is 0. The lowest BCUT2D eigenvalue weighted by molar-refractivity contribution is 0.205. The second kappa shape index (κ2) is 8.14. The molecule has 5 nitrogen and oxygen atoms in total. The Balaban J connectivity index is 1.11. The van der Waals surface area contributed by atoms with E-state index in [9.17, 15) is 8.78 Å². The van der Waals surface area contributed by atoms with E-state index in [1.807, 2.05) is 4.57 Å². The van der Waals surface area contributed by atoms with Crippen molar-refractivity contribution >= 4 is 22.0 Å². The molecule has 5 rings (SSSR count). The van der Waals surface area contributed by atoms with Crippen molar-refractivity contribution in [2.45, 2.75) is 38.1 Å². The van der Waals surface area contributed by atoms with Crippen molar-refractivity contribution in [3.63, 3.8) is 0 Å². The van der Waals surface area contributed by atoms with Gasteiger partial charge in [0.2, 0.25) is 0 Å². The van der Waals surface area contributed by atoms with Gasteiger partial charge >= 0.3 is 0 Å². The Morgan fingerprint density at radius 2 is 1.73 bits per heavy atom. The lowest BCUT2D eigenvalue weighted by Crippen LogP contribution is -2.33. The smallest absolute Gasteiger partial charge is 0.170 e. The van der Waals surface area contributed by atoms with Crippen LogP contribution in [0.3, 0.4) is 0 Å². The van der Waals surface area contributed by atoms with E-state index in [0.29, 0.717) is 11.5 Å². The molecule has 30 heavy (non-hydrogen) atoms. The molecule has 7 heteroatoms. The van der Waals surface area contributed by atoms with Crippen molar-refractivity contribution in [3.05, 3.63) is 60.1 Å². The summed E-state index contributed by atoms with van der Waals surface area (Å²) < 4.78 is 34.2. The molecule has 1 aliphatic heterocycles. The zero-order valence-corrected chi connectivity index (χ0v) is 16.7. The number of nitrogens with zero attached hydrogens (tertiary/aromatic N) is 4. The summed E-state index contributed by atoms with van der Waals surface area (Å²) in [6.45, 7) is 3.95. The van der Waals surface area contributed by atoms with Gasteiger partial charge in [0.15, 0.2) is 5.58 Å². The molecule has 2 aromatic carbocycles. The predicted molar refractivity (Wildman–Crippen MR) is 111 cm³/mol. The normalized spacial score (nSPS) is 16.1. The van der Waals surface area contributed by atoms with Crippen LogP contribution in [0, 0.1) is 11.6 Å². The Bertz CT molecular complexity index is 1160. The van der Waals surface area contributed by atoms with E-state index in [0.717, 1.165) is 74.0 Å². The Kier molecular flexibility index (Phi) is 5.21. The van der Waals surface area contributed by atoms with E-state index in [-0.39, 0.29) is 11.6 Å². The first-order valence-electron chi connectivity index (χ1n) is 10.5. The molecular formula is C23H24F2N4O. The number of imidazole rings is 1. The second-order valence-electron chi connectivity index (χ2n) is 8.10. The number of fused-ring (bicyclic) bond motifs is 2. The number of unbranched alkanes of at least 4 members (excludes halogenated alkanes) is 1. The van der Waals surface area contributed by atoms with Gasteiger partial charge in [-0.25, -0.2) is 13.8 Å². The summed E-state index contributed by atoms with van der Waals surface area (Å²) in [6.07, 6.45) is 5.98. The summed E-state index contributed by atoms with van der Waals surface area (Å²) in [6, 6.07) is 9.36. The van der Waals surface area contributed by atoms with Crippen LogP contribution in [-0.2, 0) is 6.54 Å². The van der Waals surface area contributed by atoms with Crippen molar-refractivity contribution < 1.29 is 13.3 Å². The van der Waals surface area contributed by atoms with Crippen molar-refractivity contribution in [2.75, 3.05) is 19.6 Å². The fourth-order valence-corrected chi connectivity index (χ4v) is 4.48. The molecule has 0 spiro atoms. The topological polar surface area (TPSA) is 47.1 Å². The summed E-state index contributed by atoms with van der Waals surface area (Å²) in [4.78, 5) is 6.83. The molecule has 0 N–H and O–H groups in total. The molecule has 0 amide bonds. The Morgan fingerprint density at radius 1 is 0.967 bits per heavy atom. The monoisotopic (exact) mass is 410 g/mol. The maximum atomic E-state index is 13.5. The number of halogens is 2. The van der Waals surface area contributed by atoms with E-state index in [1.165, 1.54) is 18.2 Å². The number of benzene rings is 2. The molecule has 0 aliphatic carbocycles. The largest absolute Gasteiger partial charge is 0.356 e. The fraction of sp³-hybridized carbons (Fsp3) is 0.391. The number of hydrogen-bond donors (Lipinski definition) is 0. The van der Waals surface area contributed by atoms with Crippen LogP contribution in [0.25, 0.3) is 22.0 Å². The van der Waals surface area contributed by atoms with Gasteiger partial charge in [-0.15, -0.1) is 0 Å². The maximum Gasteiger partial charge on any atom is 0.170 e. The summed E-state index contributed by atoms with van der Waals surface area (Å²) in [5.41, 5.74) is 3.18. The van der Waals surface area contributed by atoms with Crippen molar-refractivity contribution in [1.82, 2.24) is 19.6 Å². The average molecular weight is 410 g/mol. The van der Waals surface area contributed by atoms with E-state index >= 15 is 0 Å². The second-order valence-corrected chi connectivity index (χ2v) is 8.10. The molecule has 0 atom stereocenters. The molecular weight excluding hydrogens is 386 g/mol. The zero-order valence-electron chi connectivity index (χ0n) is 16.7. The summed E-state index contributed by atoms with van der Waals surface area (Å²) in [5, 5.41) is 5.15. The lowest BCUT2D eigenvalue weighted by Gasteiger charge is -2.31. The van der Waals surface area contributed by atoms with Gasteiger partial charge in [0.05, 0.1) is 23.1 Å². The SMILES string of the molecule is Fc1ccc2c(C3CCN(CCCCn4cnc5ccc(F)cc54)CC3)noc2c1. The van der Waals surface area contributed by atoms with Gasteiger partial charge in [-0.05, 0) is 75.6 Å². The van der Waals surface area contributed by atoms with E-state index < -0.39 is 0 Å². The van der Waals surface area contributed by atoms with Crippen LogP contribution < -0.4 is 0 Å². The van der Waals surface area contributed by atoms with E-state index in [4.69, 9.17) is 4.52 Å². The number of hydrogen-bond acceptors (Lipinski definition) is 4. The molecule has 3 heterocycles. The van der Waals surface area contributed by atoms with E-state index in [1.54, 1.807) is 24.5 Å². The molecule has 156 valence electrons. The van der Waals surface area contributed by atoms with Gasteiger partial charge in [-0.3, -0.25) is 0 Å². The van der Waals surface area contributed by atoms with Crippen LogP contribution in [0.4, 0.5) is 8.78 Å². The first-order valence-corrected chi connectivity index (χ1v) is 10.5. The summed E-state index contributed by atoms with van der Waals surface area (Å²) >= 11 is 0. The number of piperidine rings is 1. The van der Waals surface area contributed by atoms with E-state index in [2.05, 4.69) is 15.0 Å². The highest BCUT2D eigenvalue weighted by Crippen LogP contribution is 2.32. The van der Waals surface area contributed by atoms with Crippen molar-refractivity contribution in [3.8, 4) is 0 Å². The molecule has 1 fully saturated rings. The van der Waals surface area contributed by atoms with Crippen LogP contribution in [0.15, 0.2) is 47.2 Å². The number of aryl methyl sites for hydroxylation is 1. The molecule has 0 bridgehead atoms. The minimum atomic E-state index is -0.297. The van der Waals surface area contributed by atoms with Crippen LogP contribution in [0.2, 0.25) is 0 Å². The lowest BCUT2D eigenvalue weighted by atomic mass is 9.91. The fourth-order valence-electron chi connectivity index (χ4n) is 4.48. The highest BCUT2D eigenvalue weighted by molar-refractivity contribution is 5.80. The Labute approximate surface area is 173 Å². The molecule has 0 unspecified atom stereocenters. The van der Waals surface area contributed by atoms with Gasteiger partial charge in [0.1, 0.15) is 11.6 Å². The van der Waals surface area contributed by atoms with Crippen LogP contribution in [0.1, 0.15) is 37.3 Å². The van der Waals surface area contributed by atoms with Gasteiger partial charge < -0.3 is 14.0 Å². The van der Waals surface area contributed by atoms with Crippen molar-refractivity contribution in [1.29, 1.82) is 0 Å². The molecule has 0 saturated carbocycles. The third-order valence-electron chi connectivity index (χ3n) is 6.14. The van der Waals surface area contributed by atoms with Gasteiger partial charge in [-0.2, -0.15) is 0 Å². The first-order chi connectivity index (χ1) is 14.7. The van der Waals surface area contributed by atoms with Gasteiger partial charge in [0.25, 0.3) is 0 Å². The van der Waals surface area contributed by atoms with Gasteiger partial charge in [0, 0.05) is 23.9 Å². The number of rotatable bonds is 6. The minimum Gasteiger partial charge on any atom is -0.356 e. The Morgan fingerprint density at radius 3 is 2.60 bits per heavy atom. The quantitative estimate of drug-likeness (QED) is 0.414. The molecule has 4 aromatic rings. The molecule has 2 aromatic heterocycles. The van der Waals surface area contributed by atoms with Crippen LogP contribution in [0.5, 0.6) is 0 Å². The maximum absolute atomic E-state index is 13.5. The average Bonchev–Trinajstić information content (AvgIpc) is 3.35. The highest BCUT2D eigenvalue weighted by Gasteiger charge is 2.24. The Hall–Kier alpha value is -2.80. The first kappa shape index (κ1) is 19.2. The standard InChI is InChI=1S/C23H24F2N4O/c24-17-4-6-20-21(13-17)29(15-26-20)10-2-1-9-28-11-7-16(8-12-28)23-19-5-3-18(25)14-22(19)30-27-23/h3-6,13-16H,1-2,7-12H2. The zero-order chi connectivity index (χ0) is 20.5. The molecule has 0 radical (unpaired) electrons. The predicted octanol–water partition coefficient (Wildman–Crippen LogP) is 5.12. The number of likely N-dealkylation sites (tertiary alicyclic amines) is 1. The third kappa shape index (κ3) is 3.81. The van der Waals surface area contributed by atoms with Crippen LogP contribution >= 0.6 is 0 Å².